The van der Waals surface area contributed by atoms with E-state index in [1.807, 2.05) is 25.3 Å². The van der Waals surface area contributed by atoms with E-state index >= 15 is 0 Å². The van der Waals surface area contributed by atoms with E-state index in [-0.39, 0.29) is 12.5 Å². The van der Waals surface area contributed by atoms with Crippen molar-refractivity contribution in [2.45, 2.75) is 20.1 Å². The summed E-state index contributed by atoms with van der Waals surface area (Å²) in [5.74, 6) is 1.15. The zero-order valence-corrected chi connectivity index (χ0v) is 17.6. The highest BCUT2D eigenvalue weighted by Crippen LogP contribution is 2.35. The molecule has 0 aliphatic rings. The van der Waals surface area contributed by atoms with E-state index in [9.17, 15) is 4.79 Å². The van der Waals surface area contributed by atoms with Crippen LogP contribution in [0.4, 0.5) is 5.82 Å². The Kier molecular flexibility index (Phi) is 5.68. The molecule has 4 rings (SSSR count). The van der Waals surface area contributed by atoms with Crippen LogP contribution < -0.4 is 10.1 Å². The number of nitrogens with zero attached hydrogens (tertiary/aromatic N) is 5. The van der Waals surface area contributed by atoms with E-state index in [4.69, 9.17) is 9.47 Å². The van der Waals surface area contributed by atoms with Crippen LogP contribution in [0.1, 0.15) is 26.6 Å². The van der Waals surface area contributed by atoms with Gasteiger partial charge in [0.1, 0.15) is 11.4 Å². The van der Waals surface area contributed by atoms with E-state index in [1.54, 1.807) is 37.4 Å². The van der Waals surface area contributed by atoms with Crippen LogP contribution in [0, 0.1) is 6.92 Å². The Labute approximate surface area is 176 Å². The van der Waals surface area contributed by atoms with E-state index in [0.29, 0.717) is 33.8 Å². The second-order valence-corrected chi connectivity index (χ2v) is 7.53. The number of carbonyl (C=O) groups is 1. The highest BCUT2D eigenvalue weighted by atomic mass is 32.1. The summed E-state index contributed by atoms with van der Waals surface area (Å²) < 4.78 is 12.3. The number of nitrogens with one attached hydrogen (secondary N) is 1. The highest BCUT2D eigenvalue weighted by molar-refractivity contribution is 7.20. The van der Waals surface area contributed by atoms with Gasteiger partial charge in [0.15, 0.2) is 11.6 Å². The minimum atomic E-state index is -0.252. The van der Waals surface area contributed by atoms with Crippen molar-refractivity contribution < 1.29 is 14.3 Å². The third kappa shape index (κ3) is 4.00. The van der Waals surface area contributed by atoms with E-state index in [1.165, 1.54) is 11.3 Å². The first-order chi connectivity index (χ1) is 14.6. The molecule has 0 atom stereocenters. The first-order valence-electron chi connectivity index (χ1n) is 9.15. The molecule has 0 aliphatic heterocycles. The van der Waals surface area contributed by atoms with Crippen LogP contribution >= 0.6 is 11.3 Å². The molecule has 0 aromatic carbocycles. The Hall–Kier alpha value is -3.37. The number of thiophene rings is 1. The maximum absolute atomic E-state index is 12.9. The first kappa shape index (κ1) is 19.9. The number of aromatic nitrogens is 5. The Bertz CT molecular complexity index is 1190. The average Bonchev–Trinajstić information content (AvgIpc) is 3.32. The highest BCUT2D eigenvalue weighted by Gasteiger charge is 2.21. The van der Waals surface area contributed by atoms with Gasteiger partial charge in [-0.15, -0.1) is 11.3 Å². The molecule has 0 fully saturated rings. The number of aryl methyl sites for hydroxylation is 1. The topological polar surface area (TPSA) is 104 Å². The SMILES string of the molecule is COCc1nc(OC)c2c(C)c(C(=O)Nc3ccn(Cc4cccnc4)n3)sc2n1. The monoisotopic (exact) mass is 424 g/mol. The second-order valence-electron chi connectivity index (χ2n) is 6.53. The summed E-state index contributed by atoms with van der Waals surface area (Å²) in [5.41, 5.74) is 1.79. The van der Waals surface area contributed by atoms with Gasteiger partial charge in [-0.05, 0) is 24.1 Å². The number of amides is 1. The fraction of sp³-hybridized carbons (Fsp3) is 0.250. The van der Waals surface area contributed by atoms with Gasteiger partial charge in [-0.3, -0.25) is 14.5 Å². The number of fused-ring (bicyclic) bond motifs is 1. The van der Waals surface area contributed by atoms with Gasteiger partial charge in [0, 0.05) is 31.8 Å². The lowest BCUT2D eigenvalue weighted by Gasteiger charge is -2.05. The van der Waals surface area contributed by atoms with Crippen molar-refractivity contribution >= 4 is 33.3 Å². The van der Waals surface area contributed by atoms with E-state index < -0.39 is 0 Å². The van der Waals surface area contributed by atoms with Crippen molar-refractivity contribution in [3.63, 3.8) is 0 Å². The molecule has 4 heterocycles. The molecule has 4 aromatic heterocycles. The van der Waals surface area contributed by atoms with Crippen molar-refractivity contribution in [3.8, 4) is 5.88 Å². The van der Waals surface area contributed by atoms with Crippen LogP contribution in [0.25, 0.3) is 10.2 Å². The number of rotatable bonds is 7. The van der Waals surface area contributed by atoms with Gasteiger partial charge >= 0.3 is 0 Å². The van der Waals surface area contributed by atoms with Gasteiger partial charge in [0.25, 0.3) is 5.91 Å². The maximum atomic E-state index is 12.9. The summed E-state index contributed by atoms with van der Waals surface area (Å²) in [5, 5.41) is 8.00. The molecule has 0 spiro atoms. The summed E-state index contributed by atoms with van der Waals surface area (Å²) in [6, 6.07) is 5.61. The molecule has 1 N–H and O–H groups in total. The van der Waals surface area contributed by atoms with Crippen molar-refractivity contribution in [3.05, 3.63) is 58.6 Å². The van der Waals surface area contributed by atoms with Crippen LogP contribution in [0.2, 0.25) is 0 Å². The number of ether oxygens (including phenoxy) is 2. The quantitative estimate of drug-likeness (QED) is 0.486. The summed E-state index contributed by atoms with van der Waals surface area (Å²) in [6.07, 6.45) is 5.32. The van der Waals surface area contributed by atoms with Gasteiger partial charge in [-0.2, -0.15) is 10.1 Å². The van der Waals surface area contributed by atoms with Crippen molar-refractivity contribution in [1.29, 1.82) is 0 Å². The van der Waals surface area contributed by atoms with Crippen molar-refractivity contribution in [2.75, 3.05) is 19.5 Å². The van der Waals surface area contributed by atoms with Gasteiger partial charge in [-0.1, -0.05) is 6.07 Å². The Morgan fingerprint density at radius 1 is 1.27 bits per heavy atom. The third-order valence-electron chi connectivity index (χ3n) is 4.43. The average molecular weight is 424 g/mol. The summed E-state index contributed by atoms with van der Waals surface area (Å²) >= 11 is 1.29. The molecule has 0 unspecified atom stereocenters. The standard InChI is InChI=1S/C20H20N6O3S/c1-12-16-19(29-3)23-15(11-28-2)24-20(16)30-17(12)18(27)22-14-6-8-26(25-14)10-13-5-4-7-21-9-13/h4-9H,10-11H2,1-3H3,(H,22,25,27). The number of hydrogen-bond donors (Lipinski definition) is 1. The molecular formula is C20H20N6O3S. The number of hydrogen-bond acceptors (Lipinski definition) is 8. The van der Waals surface area contributed by atoms with E-state index in [2.05, 4.69) is 25.4 Å². The molecule has 154 valence electrons. The number of anilines is 1. The number of pyridine rings is 1. The molecule has 10 heteroatoms. The van der Waals surface area contributed by atoms with Crippen molar-refractivity contribution in [1.82, 2.24) is 24.7 Å². The predicted octanol–water partition coefficient (Wildman–Crippen LogP) is 3.05. The van der Waals surface area contributed by atoms with Crippen LogP contribution in [-0.4, -0.2) is 44.9 Å². The number of methoxy groups -OCH3 is 2. The molecule has 4 aromatic rings. The summed E-state index contributed by atoms with van der Waals surface area (Å²) in [6.45, 7) is 2.69. The Morgan fingerprint density at radius 3 is 2.87 bits per heavy atom. The van der Waals surface area contributed by atoms with Crippen LogP contribution in [-0.2, 0) is 17.9 Å². The molecule has 0 bridgehead atoms. The van der Waals surface area contributed by atoms with Crippen molar-refractivity contribution in [2.24, 2.45) is 0 Å². The summed E-state index contributed by atoms with van der Waals surface area (Å²) in [4.78, 5) is 27.1. The van der Waals surface area contributed by atoms with Gasteiger partial charge in [0.2, 0.25) is 5.88 Å². The first-order valence-corrected chi connectivity index (χ1v) is 9.97. The Balaban J connectivity index is 1.57. The molecular weight excluding hydrogens is 404 g/mol. The zero-order valence-electron chi connectivity index (χ0n) is 16.7. The molecule has 0 saturated heterocycles. The van der Waals surface area contributed by atoms with Crippen LogP contribution in [0.5, 0.6) is 5.88 Å². The van der Waals surface area contributed by atoms with Gasteiger partial charge in [0.05, 0.1) is 23.9 Å². The Morgan fingerprint density at radius 2 is 2.13 bits per heavy atom. The fourth-order valence-corrected chi connectivity index (χ4v) is 4.16. The molecule has 0 aliphatic carbocycles. The molecule has 0 saturated carbocycles. The lowest BCUT2D eigenvalue weighted by atomic mass is 10.2. The largest absolute Gasteiger partial charge is 0.480 e. The fourth-order valence-electron chi connectivity index (χ4n) is 3.07. The smallest absolute Gasteiger partial charge is 0.267 e. The predicted molar refractivity (Wildman–Crippen MR) is 113 cm³/mol. The molecule has 0 radical (unpaired) electrons. The maximum Gasteiger partial charge on any atom is 0.267 e. The normalized spacial score (nSPS) is 11.0. The molecule has 9 nitrogen and oxygen atoms in total. The van der Waals surface area contributed by atoms with Crippen LogP contribution in [0.15, 0.2) is 36.8 Å². The van der Waals surface area contributed by atoms with E-state index in [0.717, 1.165) is 16.5 Å². The minimum Gasteiger partial charge on any atom is -0.480 e. The molecule has 1 amide bonds. The second kappa shape index (κ2) is 8.56. The summed E-state index contributed by atoms with van der Waals surface area (Å²) in [7, 11) is 3.12. The van der Waals surface area contributed by atoms with Gasteiger partial charge in [-0.25, -0.2) is 4.98 Å². The number of carbonyl (C=O) groups excluding carboxylic acids is 1. The lowest BCUT2D eigenvalue weighted by molar-refractivity contribution is 0.102. The third-order valence-corrected chi connectivity index (χ3v) is 5.61. The van der Waals surface area contributed by atoms with Gasteiger partial charge < -0.3 is 14.8 Å². The minimum absolute atomic E-state index is 0.252. The zero-order chi connectivity index (χ0) is 21.1. The van der Waals surface area contributed by atoms with Crippen LogP contribution in [0.3, 0.4) is 0 Å². The molecule has 30 heavy (non-hydrogen) atoms. The lowest BCUT2D eigenvalue weighted by Crippen LogP contribution is -2.12.